The van der Waals surface area contributed by atoms with Crippen molar-refractivity contribution in [1.29, 1.82) is 0 Å². The van der Waals surface area contributed by atoms with Gasteiger partial charge in [0.2, 0.25) is 0 Å². The van der Waals surface area contributed by atoms with Gasteiger partial charge < -0.3 is 15.2 Å². The fraction of sp³-hybridized carbons (Fsp3) is 0.400. The van der Waals surface area contributed by atoms with Crippen molar-refractivity contribution in [2.24, 2.45) is 0 Å². The van der Waals surface area contributed by atoms with Gasteiger partial charge in [-0.3, -0.25) is 0 Å². The standard InChI is InChI=1S/C10H14BrNO2/c1-14-10-6-8(11)5-9(7-10)12-3-2-4-13/h5-7,12-13H,2-4H2,1H3. The summed E-state index contributed by atoms with van der Waals surface area (Å²) in [7, 11) is 1.64. The zero-order valence-corrected chi connectivity index (χ0v) is 9.67. The van der Waals surface area contributed by atoms with E-state index in [2.05, 4.69) is 21.2 Å². The minimum absolute atomic E-state index is 0.206. The van der Waals surface area contributed by atoms with Crippen LogP contribution in [0.4, 0.5) is 5.69 Å². The molecule has 0 amide bonds. The Balaban J connectivity index is 2.62. The van der Waals surface area contributed by atoms with Crippen molar-refractivity contribution < 1.29 is 9.84 Å². The summed E-state index contributed by atoms with van der Waals surface area (Å²) in [6.45, 7) is 0.967. The van der Waals surface area contributed by atoms with E-state index in [1.165, 1.54) is 0 Å². The summed E-state index contributed by atoms with van der Waals surface area (Å²) in [5.41, 5.74) is 0.990. The Bertz CT molecular complexity index is 291. The molecule has 1 rings (SSSR count). The molecule has 0 aliphatic heterocycles. The van der Waals surface area contributed by atoms with Crippen molar-refractivity contribution in [3.05, 3.63) is 22.7 Å². The average Bonchev–Trinajstić information content (AvgIpc) is 2.17. The predicted molar refractivity (Wildman–Crippen MR) is 60.9 cm³/mol. The van der Waals surface area contributed by atoms with E-state index in [4.69, 9.17) is 9.84 Å². The van der Waals surface area contributed by atoms with Crippen LogP contribution in [0, 0.1) is 0 Å². The number of ether oxygens (including phenoxy) is 1. The molecule has 14 heavy (non-hydrogen) atoms. The van der Waals surface area contributed by atoms with Crippen molar-refractivity contribution in [2.45, 2.75) is 6.42 Å². The van der Waals surface area contributed by atoms with Crippen LogP contribution in [0.1, 0.15) is 6.42 Å². The molecule has 0 atom stereocenters. The van der Waals surface area contributed by atoms with E-state index in [1.807, 2.05) is 18.2 Å². The van der Waals surface area contributed by atoms with Crippen molar-refractivity contribution in [2.75, 3.05) is 25.6 Å². The fourth-order valence-electron chi connectivity index (χ4n) is 1.09. The summed E-state index contributed by atoms with van der Waals surface area (Å²) in [6.07, 6.45) is 0.745. The van der Waals surface area contributed by atoms with E-state index in [9.17, 15) is 0 Å². The first-order valence-electron chi connectivity index (χ1n) is 4.45. The maximum Gasteiger partial charge on any atom is 0.122 e. The summed E-state index contributed by atoms with van der Waals surface area (Å²) < 4.78 is 6.10. The Morgan fingerprint density at radius 3 is 2.86 bits per heavy atom. The fourth-order valence-corrected chi connectivity index (χ4v) is 1.57. The summed E-state index contributed by atoms with van der Waals surface area (Å²) in [6, 6.07) is 5.79. The molecule has 3 nitrogen and oxygen atoms in total. The van der Waals surface area contributed by atoms with E-state index in [0.717, 1.165) is 28.9 Å². The largest absolute Gasteiger partial charge is 0.497 e. The maximum absolute atomic E-state index is 8.63. The molecule has 0 bridgehead atoms. The number of anilines is 1. The molecule has 0 aliphatic rings. The zero-order valence-electron chi connectivity index (χ0n) is 8.09. The molecule has 0 aromatic heterocycles. The van der Waals surface area contributed by atoms with Crippen LogP contribution in [0.2, 0.25) is 0 Å². The Kier molecular flexibility index (Phi) is 4.76. The second-order valence-corrected chi connectivity index (χ2v) is 3.80. The van der Waals surface area contributed by atoms with Crippen molar-refractivity contribution in [3.63, 3.8) is 0 Å². The Morgan fingerprint density at radius 2 is 2.21 bits per heavy atom. The lowest BCUT2D eigenvalue weighted by Gasteiger charge is -2.08. The third-order valence-corrected chi connectivity index (χ3v) is 2.23. The monoisotopic (exact) mass is 259 g/mol. The summed E-state index contributed by atoms with van der Waals surface area (Å²) in [4.78, 5) is 0. The number of hydrogen-bond acceptors (Lipinski definition) is 3. The Labute approximate surface area is 92.2 Å². The summed E-state index contributed by atoms with van der Waals surface area (Å²) in [5, 5.41) is 11.8. The molecule has 0 aliphatic carbocycles. The van der Waals surface area contributed by atoms with Crippen molar-refractivity contribution in [3.8, 4) is 5.75 Å². The first-order valence-corrected chi connectivity index (χ1v) is 5.25. The van der Waals surface area contributed by atoms with Crippen LogP contribution in [-0.2, 0) is 0 Å². The highest BCUT2D eigenvalue weighted by Crippen LogP contribution is 2.24. The third-order valence-electron chi connectivity index (χ3n) is 1.77. The number of nitrogens with one attached hydrogen (secondary N) is 1. The topological polar surface area (TPSA) is 41.5 Å². The van der Waals surface area contributed by atoms with E-state index in [0.29, 0.717) is 0 Å². The first-order chi connectivity index (χ1) is 6.76. The smallest absolute Gasteiger partial charge is 0.122 e. The van der Waals surface area contributed by atoms with Crippen LogP contribution in [0.5, 0.6) is 5.75 Å². The molecule has 1 aromatic carbocycles. The van der Waals surface area contributed by atoms with E-state index in [-0.39, 0.29) is 6.61 Å². The molecule has 0 saturated heterocycles. The second-order valence-electron chi connectivity index (χ2n) is 2.88. The number of methoxy groups -OCH3 is 1. The highest BCUT2D eigenvalue weighted by atomic mass is 79.9. The molecule has 0 unspecified atom stereocenters. The highest BCUT2D eigenvalue weighted by Gasteiger charge is 1.98. The SMILES string of the molecule is COc1cc(Br)cc(NCCCO)c1. The lowest BCUT2D eigenvalue weighted by molar-refractivity contribution is 0.292. The van der Waals surface area contributed by atoms with Crippen LogP contribution >= 0.6 is 15.9 Å². The number of benzene rings is 1. The Morgan fingerprint density at radius 1 is 1.43 bits per heavy atom. The number of aliphatic hydroxyl groups is 1. The summed E-state index contributed by atoms with van der Waals surface area (Å²) >= 11 is 3.39. The molecule has 0 saturated carbocycles. The molecule has 0 heterocycles. The maximum atomic E-state index is 8.63. The first kappa shape index (κ1) is 11.3. The molecule has 0 fully saturated rings. The highest BCUT2D eigenvalue weighted by molar-refractivity contribution is 9.10. The van der Waals surface area contributed by atoms with Gasteiger partial charge in [0.25, 0.3) is 0 Å². The normalized spacial score (nSPS) is 9.93. The average molecular weight is 260 g/mol. The van der Waals surface area contributed by atoms with Gasteiger partial charge in [0.1, 0.15) is 5.75 Å². The zero-order chi connectivity index (χ0) is 10.4. The van der Waals surface area contributed by atoms with Crippen LogP contribution in [0.15, 0.2) is 22.7 Å². The van der Waals surface area contributed by atoms with Gasteiger partial charge in [0, 0.05) is 29.4 Å². The lowest BCUT2D eigenvalue weighted by atomic mass is 10.3. The molecule has 2 N–H and O–H groups in total. The lowest BCUT2D eigenvalue weighted by Crippen LogP contribution is -2.03. The number of rotatable bonds is 5. The predicted octanol–water partition coefficient (Wildman–Crippen LogP) is 2.25. The van der Waals surface area contributed by atoms with Gasteiger partial charge >= 0.3 is 0 Å². The van der Waals surface area contributed by atoms with E-state index in [1.54, 1.807) is 7.11 Å². The molecule has 1 aromatic rings. The van der Waals surface area contributed by atoms with Crippen LogP contribution in [-0.4, -0.2) is 25.4 Å². The molecule has 0 radical (unpaired) electrons. The number of hydrogen-bond donors (Lipinski definition) is 2. The molecule has 0 spiro atoms. The van der Waals surface area contributed by atoms with Gasteiger partial charge in [-0.25, -0.2) is 0 Å². The number of halogens is 1. The van der Waals surface area contributed by atoms with Crippen molar-refractivity contribution >= 4 is 21.6 Å². The summed E-state index contributed by atoms with van der Waals surface area (Å²) in [5.74, 6) is 0.811. The van der Waals surface area contributed by atoms with Crippen LogP contribution < -0.4 is 10.1 Å². The quantitative estimate of drug-likeness (QED) is 0.798. The van der Waals surface area contributed by atoms with Crippen LogP contribution in [0.3, 0.4) is 0 Å². The molecule has 78 valence electrons. The molecule has 4 heteroatoms. The van der Waals surface area contributed by atoms with Gasteiger partial charge in [-0.05, 0) is 18.6 Å². The Hall–Kier alpha value is -0.740. The van der Waals surface area contributed by atoms with Gasteiger partial charge in [0.05, 0.1) is 7.11 Å². The van der Waals surface area contributed by atoms with Gasteiger partial charge in [-0.1, -0.05) is 15.9 Å². The van der Waals surface area contributed by atoms with Crippen molar-refractivity contribution in [1.82, 2.24) is 0 Å². The molecular formula is C10H14BrNO2. The third kappa shape index (κ3) is 3.55. The van der Waals surface area contributed by atoms with Gasteiger partial charge in [-0.2, -0.15) is 0 Å². The second kappa shape index (κ2) is 5.88. The van der Waals surface area contributed by atoms with Gasteiger partial charge in [0.15, 0.2) is 0 Å². The minimum Gasteiger partial charge on any atom is -0.497 e. The van der Waals surface area contributed by atoms with Crippen LogP contribution in [0.25, 0.3) is 0 Å². The molecular weight excluding hydrogens is 246 g/mol. The van der Waals surface area contributed by atoms with E-state index >= 15 is 0 Å². The van der Waals surface area contributed by atoms with Gasteiger partial charge in [-0.15, -0.1) is 0 Å². The minimum atomic E-state index is 0.206. The number of aliphatic hydroxyl groups excluding tert-OH is 1. The van der Waals surface area contributed by atoms with E-state index < -0.39 is 0 Å².